The number of hydrogen-bond donors (Lipinski definition) is 0. The van der Waals surface area contributed by atoms with E-state index < -0.39 is 36.2 Å². The van der Waals surface area contributed by atoms with Gasteiger partial charge in [0.1, 0.15) is 0 Å². The van der Waals surface area contributed by atoms with Crippen molar-refractivity contribution in [2.45, 2.75) is 52.3 Å². The summed E-state index contributed by atoms with van der Waals surface area (Å²) < 4.78 is 27.7. The van der Waals surface area contributed by atoms with Gasteiger partial charge in [0.2, 0.25) is 0 Å². The molecule has 33 heavy (non-hydrogen) atoms. The highest BCUT2D eigenvalue weighted by molar-refractivity contribution is 5.68. The summed E-state index contributed by atoms with van der Waals surface area (Å²) in [5.41, 5.74) is 1.84. The zero-order valence-electron chi connectivity index (χ0n) is 19.1. The number of esters is 3. The van der Waals surface area contributed by atoms with Crippen LogP contribution in [0, 0.1) is 0 Å². The zero-order chi connectivity index (χ0) is 24.1. The number of rotatable bonds is 13. The summed E-state index contributed by atoms with van der Waals surface area (Å²) in [6.07, 6.45) is -3.15. The molecule has 0 radical (unpaired) electrons. The van der Waals surface area contributed by atoms with Gasteiger partial charge in [-0.15, -0.1) is 0 Å². The summed E-state index contributed by atoms with van der Waals surface area (Å²) in [6.45, 7) is 4.05. The van der Waals surface area contributed by atoms with Crippen LogP contribution in [-0.2, 0) is 51.3 Å². The summed E-state index contributed by atoms with van der Waals surface area (Å²) in [7, 11) is 0. The number of benzene rings is 2. The highest BCUT2D eigenvalue weighted by atomic mass is 16.6. The van der Waals surface area contributed by atoms with E-state index in [2.05, 4.69) is 0 Å². The van der Waals surface area contributed by atoms with Crippen molar-refractivity contribution in [1.82, 2.24) is 0 Å². The summed E-state index contributed by atoms with van der Waals surface area (Å²) in [4.78, 5) is 35.4. The maximum absolute atomic E-state index is 11.8. The topological polar surface area (TPSA) is 97.4 Å². The lowest BCUT2D eigenvalue weighted by atomic mass is 10.1. The third-order valence-electron chi connectivity index (χ3n) is 4.46. The Morgan fingerprint density at radius 2 is 0.970 bits per heavy atom. The minimum atomic E-state index is -1.12. The van der Waals surface area contributed by atoms with Gasteiger partial charge in [-0.2, -0.15) is 0 Å². The molecule has 0 amide bonds. The minimum absolute atomic E-state index is 0.0805. The first-order chi connectivity index (χ1) is 15.8. The second-order valence-electron chi connectivity index (χ2n) is 7.37. The van der Waals surface area contributed by atoms with Gasteiger partial charge in [-0.25, -0.2) is 0 Å². The average Bonchev–Trinajstić information content (AvgIpc) is 2.77. The van der Waals surface area contributed by atoms with E-state index in [0.29, 0.717) is 0 Å². The highest BCUT2D eigenvalue weighted by Gasteiger charge is 2.37. The molecule has 0 spiro atoms. The molecule has 8 heteroatoms. The Balaban J connectivity index is 2.13. The van der Waals surface area contributed by atoms with Crippen molar-refractivity contribution in [3.63, 3.8) is 0 Å². The highest BCUT2D eigenvalue weighted by Crippen LogP contribution is 2.17. The third kappa shape index (κ3) is 10.3. The van der Waals surface area contributed by atoms with Gasteiger partial charge in [0.25, 0.3) is 0 Å². The lowest BCUT2D eigenvalue weighted by Crippen LogP contribution is -2.49. The number of ether oxygens (including phenoxy) is 5. The molecule has 0 aliphatic heterocycles. The summed E-state index contributed by atoms with van der Waals surface area (Å²) in [5, 5.41) is 0. The molecule has 0 fully saturated rings. The van der Waals surface area contributed by atoms with E-state index in [1.165, 1.54) is 20.8 Å². The molecule has 0 heterocycles. The molecule has 2 aromatic carbocycles. The molecule has 2 rings (SSSR count). The predicted molar refractivity (Wildman–Crippen MR) is 119 cm³/mol. The SMILES string of the molecule is CC(=O)OC([C@H](COCc1ccccc1)OC(C)=O)[C@@H](COCc1ccccc1)OC(C)=O. The monoisotopic (exact) mass is 458 g/mol. The second kappa shape index (κ2) is 14.0. The summed E-state index contributed by atoms with van der Waals surface area (Å²) >= 11 is 0. The third-order valence-corrected chi connectivity index (χ3v) is 4.46. The van der Waals surface area contributed by atoms with Gasteiger partial charge in [-0.05, 0) is 11.1 Å². The second-order valence-corrected chi connectivity index (χ2v) is 7.37. The van der Waals surface area contributed by atoms with E-state index in [1.54, 1.807) is 0 Å². The molecule has 1 unspecified atom stereocenters. The Hall–Kier alpha value is -3.23. The predicted octanol–water partition coefficient (Wildman–Crippen LogP) is 3.22. The van der Waals surface area contributed by atoms with Crippen molar-refractivity contribution in [2.24, 2.45) is 0 Å². The number of carbonyl (C=O) groups excluding carboxylic acids is 3. The van der Waals surface area contributed by atoms with E-state index in [4.69, 9.17) is 23.7 Å². The van der Waals surface area contributed by atoms with Gasteiger partial charge < -0.3 is 23.7 Å². The maximum atomic E-state index is 11.8. The molecule has 0 saturated heterocycles. The lowest BCUT2D eigenvalue weighted by molar-refractivity contribution is -0.193. The quantitative estimate of drug-likeness (QED) is 0.333. The fourth-order valence-corrected chi connectivity index (χ4v) is 3.14. The van der Waals surface area contributed by atoms with Crippen LogP contribution in [-0.4, -0.2) is 49.4 Å². The Bertz CT molecular complexity index is 803. The standard InChI is InChI=1S/C25H30O8/c1-18(26)31-23(16-29-14-21-10-6-4-7-11-21)25(33-20(3)28)24(32-19(2)27)17-30-15-22-12-8-5-9-13-22/h4-13,23-25H,14-17H2,1-3H3/t23-,24+,25?. The molecule has 8 nitrogen and oxygen atoms in total. The molecule has 178 valence electrons. The number of hydrogen-bond acceptors (Lipinski definition) is 8. The molecule has 0 bridgehead atoms. The Morgan fingerprint density at radius 1 is 0.606 bits per heavy atom. The first kappa shape index (κ1) is 26.0. The van der Waals surface area contributed by atoms with Gasteiger partial charge in [0, 0.05) is 20.8 Å². The van der Waals surface area contributed by atoms with Gasteiger partial charge in [-0.1, -0.05) is 60.7 Å². The summed E-state index contributed by atoms with van der Waals surface area (Å²) in [5.74, 6) is -1.81. The molecule has 2 aromatic rings. The Labute approximate surface area is 193 Å². The molecule has 0 N–H and O–H groups in total. The Morgan fingerprint density at radius 3 is 1.30 bits per heavy atom. The van der Waals surface area contributed by atoms with Crippen LogP contribution >= 0.6 is 0 Å². The van der Waals surface area contributed by atoms with Crippen molar-refractivity contribution in [3.05, 3.63) is 71.8 Å². The van der Waals surface area contributed by atoms with E-state index >= 15 is 0 Å². The van der Waals surface area contributed by atoms with Crippen molar-refractivity contribution in [3.8, 4) is 0 Å². The van der Waals surface area contributed by atoms with Crippen LogP contribution in [0.1, 0.15) is 31.9 Å². The first-order valence-electron chi connectivity index (χ1n) is 10.6. The average molecular weight is 459 g/mol. The van der Waals surface area contributed by atoms with Crippen LogP contribution in [0.25, 0.3) is 0 Å². The van der Waals surface area contributed by atoms with Crippen LogP contribution in [0.2, 0.25) is 0 Å². The summed E-state index contributed by atoms with van der Waals surface area (Å²) in [6, 6.07) is 18.9. The zero-order valence-corrected chi connectivity index (χ0v) is 19.1. The van der Waals surface area contributed by atoms with E-state index in [1.807, 2.05) is 60.7 Å². The first-order valence-corrected chi connectivity index (χ1v) is 10.6. The van der Waals surface area contributed by atoms with Crippen molar-refractivity contribution < 1.29 is 38.1 Å². The van der Waals surface area contributed by atoms with Crippen LogP contribution < -0.4 is 0 Å². The Kier molecular flexibility index (Phi) is 11.1. The molecule has 0 saturated carbocycles. The van der Waals surface area contributed by atoms with Crippen molar-refractivity contribution >= 4 is 17.9 Å². The molecular weight excluding hydrogens is 428 g/mol. The van der Waals surface area contributed by atoms with Gasteiger partial charge in [0.15, 0.2) is 18.3 Å². The van der Waals surface area contributed by atoms with E-state index in [0.717, 1.165) is 11.1 Å². The number of carbonyl (C=O) groups is 3. The molecule has 0 aliphatic carbocycles. The smallest absolute Gasteiger partial charge is 0.303 e. The van der Waals surface area contributed by atoms with Crippen LogP contribution in [0.15, 0.2) is 60.7 Å². The van der Waals surface area contributed by atoms with Crippen molar-refractivity contribution in [1.29, 1.82) is 0 Å². The normalized spacial score (nSPS) is 13.4. The van der Waals surface area contributed by atoms with E-state index in [9.17, 15) is 14.4 Å². The van der Waals surface area contributed by atoms with Crippen LogP contribution in [0.3, 0.4) is 0 Å². The van der Waals surface area contributed by atoms with Crippen molar-refractivity contribution in [2.75, 3.05) is 13.2 Å². The largest absolute Gasteiger partial charge is 0.456 e. The molecule has 3 atom stereocenters. The molecule has 0 aromatic heterocycles. The lowest BCUT2D eigenvalue weighted by Gasteiger charge is -2.31. The molecular formula is C25H30O8. The molecule has 0 aliphatic rings. The van der Waals surface area contributed by atoms with E-state index in [-0.39, 0.29) is 26.4 Å². The van der Waals surface area contributed by atoms with Crippen LogP contribution in [0.4, 0.5) is 0 Å². The fourth-order valence-electron chi connectivity index (χ4n) is 3.14. The van der Waals surface area contributed by atoms with Gasteiger partial charge in [-0.3, -0.25) is 14.4 Å². The van der Waals surface area contributed by atoms with Gasteiger partial charge >= 0.3 is 17.9 Å². The fraction of sp³-hybridized carbons (Fsp3) is 0.400. The van der Waals surface area contributed by atoms with Gasteiger partial charge in [0.05, 0.1) is 26.4 Å². The van der Waals surface area contributed by atoms with Crippen LogP contribution in [0.5, 0.6) is 0 Å². The minimum Gasteiger partial charge on any atom is -0.456 e. The maximum Gasteiger partial charge on any atom is 0.303 e.